The Kier molecular flexibility index (Phi) is 4.22. The summed E-state index contributed by atoms with van der Waals surface area (Å²) < 4.78 is 6.16. The second-order valence-corrected chi connectivity index (χ2v) is 5.89. The van der Waals surface area contributed by atoms with Crippen molar-refractivity contribution in [1.82, 2.24) is 19.9 Å². The van der Waals surface area contributed by atoms with Crippen molar-refractivity contribution in [3.05, 3.63) is 6.33 Å². The molecule has 0 spiro atoms. The van der Waals surface area contributed by atoms with E-state index in [1.54, 1.807) is 6.33 Å². The first-order valence-corrected chi connectivity index (χ1v) is 7.88. The van der Waals surface area contributed by atoms with Crippen molar-refractivity contribution in [3.8, 4) is 5.88 Å². The maximum atomic E-state index is 6.16. The van der Waals surface area contributed by atoms with Gasteiger partial charge in [-0.1, -0.05) is 20.3 Å². The van der Waals surface area contributed by atoms with Crippen molar-refractivity contribution in [2.45, 2.75) is 52.1 Å². The summed E-state index contributed by atoms with van der Waals surface area (Å²) in [6, 6.07) is 0. The number of hydrogen-bond donors (Lipinski definition) is 2. The molecule has 0 radical (unpaired) electrons. The van der Waals surface area contributed by atoms with Crippen LogP contribution in [0, 0.1) is 5.92 Å². The molecule has 21 heavy (non-hydrogen) atoms. The Labute approximate surface area is 124 Å². The van der Waals surface area contributed by atoms with Gasteiger partial charge < -0.3 is 15.0 Å². The van der Waals surface area contributed by atoms with Crippen molar-refractivity contribution in [2.75, 3.05) is 11.9 Å². The van der Waals surface area contributed by atoms with Crippen LogP contribution in [-0.4, -0.2) is 32.6 Å². The molecule has 2 heterocycles. The summed E-state index contributed by atoms with van der Waals surface area (Å²) in [6.07, 6.45) is 7.63. The highest BCUT2D eigenvalue weighted by Gasteiger charge is 2.22. The molecule has 114 valence electrons. The summed E-state index contributed by atoms with van der Waals surface area (Å²) in [6.45, 7) is 5.24. The van der Waals surface area contributed by atoms with Gasteiger partial charge in [-0.2, -0.15) is 9.97 Å². The number of aromatic amines is 1. The van der Waals surface area contributed by atoms with Crippen molar-refractivity contribution >= 4 is 17.1 Å². The standard InChI is InChI=1S/C15H23N5O/c1-3-7-16-15-19-13-12(17-9-18-13)14(20-15)21-11-6-4-5-10(2)8-11/h9-11H,3-8H2,1-2H3,(H2,16,17,18,19,20). The highest BCUT2D eigenvalue weighted by atomic mass is 16.5. The smallest absolute Gasteiger partial charge is 0.245 e. The third-order valence-corrected chi connectivity index (χ3v) is 3.95. The molecule has 6 heteroatoms. The quantitative estimate of drug-likeness (QED) is 0.884. The third-order valence-electron chi connectivity index (χ3n) is 3.95. The topological polar surface area (TPSA) is 75.7 Å². The molecule has 0 amide bonds. The second-order valence-electron chi connectivity index (χ2n) is 5.89. The normalized spacial score (nSPS) is 22.4. The van der Waals surface area contributed by atoms with Crippen LogP contribution in [0.4, 0.5) is 5.95 Å². The molecule has 1 aliphatic carbocycles. The maximum Gasteiger partial charge on any atom is 0.245 e. The Bertz CT molecular complexity index is 597. The molecule has 2 aromatic rings. The molecule has 0 aromatic carbocycles. The number of anilines is 1. The zero-order valence-corrected chi connectivity index (χ0v) is 12.7. The van der Waals surface area contributed by atoms with Crippen LogP contribution in [0.2, 0.25) is 0 Å². The molecule has 1 saturated carbocycles. The summed E-state index contributed by atoms with van der Waals surface area (Å²) in [5.41, 5.74) is 1.44. The summed E-state index contributed by atoms with van der Waals surface area (Å²) in [5.74, 6) is 1.94. The molecule has 1 fully saturated rings. The highest BCUT2D eigenvalue weighted by molar-refractivity contribution is 5.76. The Morgan fingerprint density at radius 1 is 1.38 bits per heavy atom. The number of fused-ring (bicyclic) bond motifs is 1. The fraction of sp³-hybridized carbons (Fsp3) is 0.667. The van der Waals surface area contributed by atoms with E-state index in [9.17, 15) is 0 Å². The van der Waals surface area contributed by atoms with Crippen molar-refractivity contribution in [1.29, 1.82) is 0 Å². The van der Waals surface area contributed by atoms with Gasteiger partial charge in [-0.25, -0.2) is 4.98 Å². The first kappa shape index (κ1) is 14.1. The number of nitrogens with one attached hydrogen (secondary N) is 2. The van der Waals surface area contributed by atoms with Crippen LogP contribution in [0.5, 0.6) is 5.88 Å². The molecule has 2 aromatic heterocycles. The molecule has 0 bridgehead atoms. The van der Waals surface area contributed by atoms with Gasteiger partial charge >= 0.3 is 0 Å². The molecule has 1 aliphatic rings. The third kappa shape index (κ3) is 3.25. The summed E-state index contributed by atoms with van der Waals surface area (Å²) in [5, 5.41) is 3.21. The van der Waals surface area contributed by atoms with Gasteiger partial charge in [-0.3, -0.25) is 0 Å². The minimum atomic E-state index is 0.245. The Morgan fingerprint density at radius 3 is 3.10 bits per heavy atom. The van der Waals surface area contributed by atoms with Crippen LogP contribution in [0.25, 0.3) is 11.2 Å². The van der Waals surface area contributed by atoms with E-state index < -0.39 is 0 Å². The number of H-pyrrole nitrogens is 1. The Morgan fingerprint density at radius 2 is 2.29 bits per heavy atom. The molecule has 2 atom stereocenters. The summed E-state index contributed by atoms with van der Waals surface area (Å²) >= 11 is 0. The zero-order valence-electron chi connectivity index (χ0n) is 12.7. The molecular formula is C15H23N5O. The molecule has 2 N–H and O–H groups in total. The molecule has 6 nitrogen and oxygen atoms in total. The van der Waals surface area contributed by atoms with E-state index in [1.807, 2.05) is 0 Å². The van der Waals surface area contributed by atoms with Gasteiger partial charge in [-0.05, 0) is 31.6 Å². The number of ether oxygens (including phenoxy) is 1. The van der Waals surface area contributed by atoms with Gasteiger partial charge in [0.1, 0.15) is 11.6 Å². The van der Waals surface area contributed by atoms with Crippen LogP contribution in [0.15, 0.2) is 6.33 Å². The van der Waals surface area contributed by atoms with Gasteiger partial charge in [0, 0.05) is 6.54 Å². The molecule has 3 rings (SSSR count). The monoisotopic (exact) mass is 289 g/mol. The van der Waals surface area contributed by atoms with E-state index in [0.717, 1.165) is 37.2 Å². The van der Waals surface area contributed by atoms with Crippen LogP contribution in [0.3, 0.4) is 0 Å². The van der Waals surface area contributed by atoms with E-state index in [0.29, 0.717) is 17.5 Å². The van der Waals surface area contributed by atoms with Crippen molar-refractivity contribution in [2.24, 2.45) is 5.92 Å². The van der Waals surface area contributed by atoms with E-state index in [1.165, 1.54) is 12.8 Å². The number of hydrogen-bond acceptors (Lipinski definition) is 5. The lowest BCUT2D eigenvalue weighted by Crippen LogP contribution is -2.24. The number of imidazole rings is 1. The van der Waals surface area contributed by atoms with Crippen LogP contribution in [0.1, 0.15) is 46.0 Å². The SMILES string of the molecule is CCCNc1nc(OC2CCCC(C)C2)c2[nH]cnc2n1. The summed E-state index contributed by atoms with van der Waals surface area (Å²) in [7, 11) is 0. The first-order valence-electron chi connectivity index (χ1n) is 7.88. The number of rotatable bonds is 5. The molecule has 2 unspecified atom stereocenters. The van der Waals surface area contributed by atoms with Crippen molar-refractivity contribution < 1.29 is 4.74 Å². The Hall–Kier alpha value is -1.85. The van der Waals surface area contributed by atoms with Gasteiger partial charge in [0.25, 0.3) is 0 Å². The maximum absolute atomic E-state index is 6.16. The predicted octanol–water partition coefficient (Wildman–Crippen LogP) is 3.13. The van der Waals surface area contributed by atoms with E-state index in [-0.39, 0.29) is 6.10 Å². The fourth-order valence-corrected chi connectivity index (χ4v) is 2.85. The number of aromatic nitrogens is 4. The average Bonchev–Trinajstić information content (AvgIpc) is 2.94. The zero-order chi connectivity index (χ0) is 14.7. The number of nitrogens with zero attached hydrogens (tertiary/aromatic N) is 3. The molecule has 0 aliphatic heterocycles. The predicted molar refractivity (Wildman–Crippen MR) is 82.5 cm³/mol. The van der Waals surface area contributed by atoms with Gasteiger partial charge in [0.2, 0.25) is 11.8 Å². The largest absolute Gasteiger partial charge is 0.473 e. The average molecular weight is 289 g/mol. The second kappa shape index (κ2) is 6.28. The van der Waals surface area contributed by atoms with E-state index in [4.69, 9.17) is 4.74 Å². The van der Waals surface area contributed by atoms with Gasteiger partial charge in [0.15, 0.2) is 5.65 Å². The first-order chi connectivity index (χ1) is 10.3. The van der Waals surface area contributed by atoms with Crippen LogP contribution in [-0.2, 0) is 0 Å². The van der Waals surface area contributed by atoms with Gasteiger partial charge in [0.05, 0.1) is 6.33 Å². The van der Waals surface area contributed by atoms with Gasteiger partial charge in [-0.15, -0.1) is 0 Å². The van der Waals surface area contributed by atoms with Crippen molar-refractivity contribution in [3.63, 3.8) is 0 Å². The van der Waals surface area contributed by atoms with Crippen LogP contribution >= 0.6 is 0 Å². The minimum Gasteiger partial charge on any atom is -0.473 e. The summed E-state index contributed by atoms with van der Waals surface area (Å²) in [4.78, 5) is 16.2. The highest BCUT2D eigenvalue weighted by Crippen LogP contribution is 2.29. The van der Waals surface area contributed by atoms with Crippen LogP contribution < -0.4 is 10.1 Å². The van der Waals surface area contributed by atoms with E-state index >= 15 is 0 Å². The lowest BCUT2D eigenvalue weighted by molar-refractivity contribution is 0.125. The lowest BCUT2D eigenvalue weighted by atomic mass is 9.89. The van der Waals surface area contributed by atoms with E-state index in [2.05, 4.69) is 39.1 Å². The molecular weight excluding hydrogens is 266 g/mol. The fourth-order valence-electron chi connectivity index (χ4n) is 2.85. The molecule has 0 saturated heterocycles. The Balaban J connectivity index is 1.83. The lowest BCUT2D eigenvalue weighted by Gasteiger charge is -2.27. The minimum absolute atomic E-state index is 0.245.